The smallest absolute Gasteiger partial charge is 0.407 e. The van der Waals surface area contributed by atoms with Crippen molar-refractivity contribution in [3.05, 3.63) is 71.8 Å². The van der Waals surface area contributed by atoms with Crippen LogP contribution in [-0.4, -0.2) is 97.5 Å². The normalized spacial score (nSPS) is 31.0. The molecule has 44 heavy (non-hydrogen) atoms. The van der Waals surface area contributed by atoms with E-state index in [0.29, 0.717) is 12.8 Å². The second-order valence-electron chi connectivity index (χ2n) is 11.1. The van der Waals surface area contributed by atoms with Gasteiger partial charge in [0, 0.05) is 13.2 Å². The van der Waals surface area contributed by atoms with Crippen molar-refractivity contribution in [3.63, 3.8) is 0 Å². The zero-order valence-electron chi connectivity index (χ0n) is 25.2. The number of aliphatic hydroxyl groups is 2. The standard InChI is InChI=1S/C31H44N4O9/c1-18(32)22-15-14-21(34-30(38)41-16-19-10-6-4-7-11-19)29(43-22)44-28-24(26(37)27(40-3)23(33-2)25(28)36)35-31(39)42-17-20-12-8-5-9-13-20/h4-13,18,21-29,33,36-37H,14-17,32H2,1-3H3,(H,34,38)(H,35,39)/t18-,21+,22-,23-,24-,25+,26-,27+,28+,29+/m0/s1. The Labute approximate surface area is 257 Å². The van der Waals surface area contributed by atoms with Crippen LogP contribution in [0.1, 0.15) is 30.9 Å². The zero-order valence-corrected chi connectivity index (χ0v) is 25.2. The number of amides is 2. The summed E-state index contributed by atoms with van der Waals surface area (Å²) in [5.74, 6) is 0. The van der Waals surface area contributed by atoms with Crippen molar-refractivity contribution in [1.29, 1.82) is 0 Å². The van der Waals surface area contributed by atoms with Crippen molar-refractivity contribution in [1.82, 2.24) is 16.0 Å². The summed E-state index contributed by atoms with van der Waals surface area (Å²) >= 11 is 0. The Hall–Kier alpha value is -3.30. The molecule has 13 nitrogen and oxygen atoms in total. The number of hydrogen-bond donors (Lipinski definition) is 6. The summed E-state index contributed by atoms with van der Waals surface area (Å²) in [6.07, 6.45) is -6.73. The van der Waals surface area contributed by atoms with E-state index in [4.69, 9.17) is 29.4 Å². The van der Waals surface area contributed by atoms with E-state index < -0.39 is 67.1 Å². The van der Waals surface area contributed by atoms with E-state index in [1.54, 1.807) is 14.0 Å². The van der Waals surface area contributed by atoms with Gasteiger partial charge in [-0.05, 0) is 37.9 Å². The van der Waals surface area contributed by atoms with Gasteiger partial charge in [0.2, 0.25) is 0 Å². The number of carbonyl (C=O) groups is 2. The zero-order chi connectivity index (χ0) is 31.6. The summed E-state index contributed by atoms with van der Waals surface area (Å²) in [7, 11) is 3.01. The number of nitrogens with one attached hydrogen (secondary N) is 3. The molecule has 10 atom stereocenters. The Morgan fingerprint density at radius 3 is 1.95 bits per heavy atom. The van der Waals surface area contributed by atoms with Crippen LogP contribution < -0.4 is 21.7 Å². The molecule has 0 bridgehead atoms. The summed E-state index contributed by atoms with van der Waals surface area (Å²) in [6.45, 7) is 1.87. The van der Waals surface area contributed by atoms with Crippen LogP contribution in [0, 0.1) is 0 Å². The lowest BCUT2D eigenvalue weighted by Crippen LogP contribution is -2.72. The first-order valence-corrected chi connectivity index (χ1v) is 14.8. The van der Waals surface area contributed by atoms with E-state index in [1.807, 2.05) is 60.7 Å². The third-order valence-electron chi connectivity index (χ3n) is 8.01. The van der Waals surface area contributed by atoms with E-state index >= 15 is 0 Å². The number of carbonyl (C=O) groups excluding carboxylic acids is 2. The van der Waals surface area contributed by atoms with Gasteiger partial charge in [0.05, 0.1) is 24.2 Å². The maximum Gasteiger partial charge on any atom is 0.407 e. The maximum absolute atomic E-state index is 12.9. The molecule has 0 radical (unpaired) electrons. The number of likely N-dealkylation sites (N-methyl/N-ethyl adjacent to an activating group) is 1. The Balaban J connectivity index is 1.51. The topological polar surface area (TPSA) is 183 Å². The molecule has 0 unspecified atom stereocenters. The number of benzene rings is 2. The van der Waals surface area contributed by atoms with Crippen LogP contribution in [0.25, 0.3) is 0 Å². The van der Waals surface area contributed by atoms with Gasteiger partial charge in [-0.1, -0.05) is 60.7 Å². The van der Waals surface area contributed by atoms with Crippen molar-refractivity contribution in [2.45, 2.75) is 94.0 Å². The lowest BCUT2D eigenvalue weighted by atomic mass is 9.81. The Bertz CT molecular complexity index is 1180. The van der Waals surface area contributed by atoms with Gasteiger partial charge in [-0.25, -0.2) is 9.59 Å². The van der Waals surface area contributed by atoms with Crippen LogP contribution in [-0.2, 0) is 36.9 Å². The fourth-order valence-electron chi connectivity index (χ4n) is 5.62. The summed E-state index contributed by atoms with van der Waals surface area (Å²) in [5.41, 5.74) is 7.74. The highest BCUT2D eigenvalue weighted by atomic mass is 16.7. The first-order valence-electron chi connectivity index (χ1n) is 14.8. The quantitative estimate of drug-likeness (QED) is 0.213. The molecular formula is C31H44N4O9. The van der Waals surface area contributed by atoms with Crippen LogP contribution in [0.15, 0.2) is 60.7 Å². The molecule has 1 saturated carbocycles. The summed E-state index contributed by atoms with van der Waals surface area (Å²) in [5, 5.41) is 31.2. The van der Waals surface area contributed by atoms with Crippen LogP contribution in [0.2, 0.25) is 0 Å². The fourth-order valence-corrected chi connectivity index (χ4v) is 5.62. The number of methoxy groups -OCH3 is 1. The lowest BCUT2D eigenvalue weighted by molar-refractivity contribution is -0.267. The van der Waals surface area contributed by atoms with E-state index in [2.05, 4.69) is 16.0 Å². The molecule has 1 saturated heterocycles. The maximum atomic E-state index is 12.9. The summed E-state index contributed by atoms with van der Waals surface area (Å²) in [6, 6.07) is 15.4. The molecule has 2 aliphatic rings. The summed E-state index contributed by atoms with van der Waals surface area (Å²) in [4.78, 5) is 25.7. The SMILES string of the molecule is CN[C@H]1[C@@H](O)[C@H](O[C@H]2O[C@H]([C@H](C)N)CC[C@H]2NC(=O)OCc2ccccc2)[C@@H](NC(=O)OCc2ccccc2)[C@H](O)[C@@H]1OC. The molecule has 2 aromatic rings. The number of rotatable bonds is 11. The monoisotopic (exact) mass is 616 g/mol. The molecule has 1 aliphatic carbocycles. The third-order valence-corrected chi connectivity index (χ3v) is 8.01. The number of aliphatic hydroxyl groups excluding tert-OH is 2. The molecule has 1 aliphatic heterocycles. The average molecular weight is 617 g/mol. The van der Waals surface area contributed by atoms with Gasteiger partial charge >= 0.3 is 12.2 Å². The molecule has 2 amide bonds. The number of ether oxygens (including phenoxy) is 5. The number of hydrogen-bond acceptors (Lipinski definition) is 11. The van der Waals surface area contributed by atoms with Crippen molar-refractivity contribution in [2.24, 2.45) is 5.73 Å². The largest absolute Gasteiger partial charge is 0.445 e. The second kappa shape index (κ2) is 16.1. The van der Waals surface area contributed by atoms with Crippen LogP contribution >= 0.6 is 0 Å². The van der Waals surface area contributed by atoms with E-state index in [9.17, 15) is 19.8 Å². The minimum Gasteiger partial charge on any atom is -0.445 e. The minimum absolute atomic E-state index is 0.00466. The van der Waals surface area contributed by atoms with Crippen molar-refractivity contribution in [2.75, 3.05) is 14.2 Å². The average Bonchev–Trinajstić information content (AvgIpc) is 3.03. The molecular weight excluding hydrogens is 572 g/mol. The predicted octanol–water partition coefficient (Wildman–Crippen LogP) is 1.15. The molecule has 4 rings (SSSR count). The Kier molecular flexibility index (Phi) is 12.3. The van der Waals surface area contributed by atoms with Crippen LogP contribution in [0.5, 0.6) is 0 Å². The third kappa shape index (κ3) is 8.66. The van der Waals surface area contributed by atoms with E-state index in [1.165, 1.54) is 7.11 Å². The highest BCUT2D eigenvalue weighted by Crippen LogP contribution is 2.30. The van der Waals surface area contributed by atoms with E-state index in [-0.39, 0.29) is 19.3 Å². The van der Waals surface area contributed by atoms with Gasteiger partial charge in [0.25, 0.3) is 0 Å². The summed E-state index contributed by atoms with van der Waals surface area (Å²) < 4.78 is 28.8. The van der Waals surface area contributed by atoms with Gasteiger partial charge in [-0.3, -0.25) is 0 Å². The number of alkyl carbamates (subject to hydrolysis) is 2. The van der Waals surface area contributed by atoms with Gasteiger partial charge in [0.15, 0.2) is 6.29 Å². The van der Waals surface area contributed by atoms with Gasteiger partial charge in [-0.15, -0.1) is 0 Å². The molecule has 2 fully saturated rings. The molecule has 0 aromatic heterocycles. The highest BCUT2D eigenvalue weighted by molar-refractivity contribution is 5.68. The molecule has 7 N–H and O–H groups in total. The second-order valence-corrected chi connectivity index (χ2v) is 11.1. The minimum atomic E-state index is -1.31. The van der Waals surface area contributed by atoms with Gasteiger partial charge < -0.3 is 55.6 Å². The first-order chi connectivity index (χ1) is 21.2. The first kappa shape index (κ1) is 33.6. The Morgan fingerprint density at radius 1 is 0.886 bits per heavy atom. The molecule has 13 heteroatoms. The Morgan fingerprint density at radius 2 is 1.43 bits per heavy atom. The lowest BCUT2D eigenvalue weighted by Gasteiger charge is -2.49. The van der Waals surface area contributed by atoms with Gasteiger partial charge in [0.1, 0.15) is 37.6 Å². The van der Waals surface area contributed by atoms with Crippen LogP contribution in [0.3, 0.4) is 0 Å². The molecule has 242 valence electrons. The van der Waals surface area contributed by atoms with E-state index in [0.717, 1.165) is 11.1 Å². The molecule has 2 aromatic carbocycles. The van der Waals surface area contributed by atoms with Gasteiger partial charge in [-0.2, -0.15) is 0 Å². The molecule has 0 spiro atoms. The van der Waals surface area contributed by atoms with Crippen molar-refractivity contribution < 1.29 is 43.5 Å². The predicted molar refractivity (Wildman–Crippen MR) is 159 cm³/mol. The molecule has 1 heterocycles. The van der Waals surface area contributed by atoms with Crippen LogP contribution in [0.4, 0.5) is 9.59 Å². The van der Waals surface area contributed by atoms with Crippen molar-refractivity contribution >= 4 is 12.2 Å². The highest BCUT2D eigenvalue weighted by Gasteiger charge is 2.53. The fraction of sp³-hybridized carbons (Fsp3) is 0.548. The number of nitrogens with two attached hydrogens (primary N) is 1. The van der Waals surface area contributed by atoms with Crippen molar-refractivity contribution in [3.8, 4) is 0 Å².